The Morgan fingerprint density at radius 1 is 1.21 bits per heavy atom. The zero-order chi connectivity index (χ0) is 10.4. The summed E-state index contributed by atoms with van der Waals surface area (Å²) >= 11 is 0. The third-order valence-corrected chi connectivity index (χ3v) is 2.70. The minimum atomic E-state index is 0.181. The van der Waals surface area contributed by atoms with Crippen molar-refractivity contribution in [2.24, 2.45) is 0 Å². The number of hydrogen-bond acceptors (Lipinski definition) is 3. The van der Waals surface area contributed by atoms with Crippen LogP contribution in [0.1, 0.15) is 19.8 Å². The fourth-order valence-corrected chi connectivity index (χ4v) is 1.73. The molecular weight excluding hydrogens is 180 g/mol. The summed E-state index contributed by atoms with van der Waals surface area (Å²) in [5.41, 5.74) is 0. The van der Waals surface area contributed by atoms with Gasteiger partial charge in [-0.05, 0) is 19.4 Å². The lowest BCUT2D eigenvalue weighted by atomic mass is 10.2. The highest BCUT2D eigenvalue weighted by Gasteiger charge is 2.17. The summed E-state index contributed by atoms with van der Waals surface area (Å²) in [5, 5.41) is 8.64. The number of aliphatic hydroxyl groups excluding tert-OH is 1. The van der Waals surface area contributed by atoms with E-state index in [1.165, 1.54) is 0 Å². The monoisotopic (exact) mass is 200 g/mol. The molecule has 1 rings (SSSR count). The van der Waals surface area contributed by atoms with Gasteiger partial charge in [0.05, 0.1) is 0 Å². The summed E-state index contributed by atoms with van der Waals surface area (Å²) in [7, 11) is 0. The van der Waals surface area contributed by atoms with Crippen LogP contribution >= 0.6 is 0 Å². The Hall–Kier alpha value is -0.610. The Bertz CT molecular complexity index is 177. The van der Waals surface area contributed by atoms with Gasteiger partial charge < -0.3 is 10.0 Å². The van der Waals surface area contributed by atoms with Crippen molar-refractivity contribution >= 4 is 5.91 Å². The van der Waals surface area contributed by atoms with E-state index in [0.717, 1.165) is 45.6 Å². The minimum absolute atomic E-state index is 0.181. The van der Waals surface area contributed by atoms with Gasteiger partial charge >= 0.3 is 0 Å². The number of piperazine rings is 1. The predicted octanol–water partition coefficient (Wildman–Crippen LogP) is -0.0770. The van der Waals surface area contributed by atoms with E-state index in [1.54, 1.807) is 6.92 Å². The number of carbonyl (C=O) groups excluding carboxylic acids is 1. The van der Waals surface area contributed by atoms with E-state index in [0.29, 0.717) is 0 Å². The average molecular weight is 200 g/mol. The van der Waals surface area contributed by atoms with Crippen LogP contribution < -0.4 is 0 Å². The molecule has 4 heteroatoms. The van der Waals surface area contributed by atoms with Crippen molar-refractivity contribution in [3.05, 3.63) is 0 Å². The van der Waals surface area contributed by atoms with Gasteiger partial charge in [-0.25, -0.2) is 0 Å². The van der Waals surface area contributed by atoms with Crippen LogP contribution in [-0.2, 0) is 4.79 Å². The molecule has 1 amide bonds. The van der Waals surface area contributed by atoms with E-state index < -0.39 is 0 Å². The molecule has 14 heavy (non-hydrogen) atoms. The number of nitrogens with zero attached hydrogens (tertiary/aromatic N) is 2. The smallest absolute Gasteiger partial charge is 0.219 e. The molecular formula is C10H20N2O2. The predicted molar refractivity (Wildman–Crippen MR) is 55.0 cm³/mol. The molecule has 0 radical (unpaired) electrons. The van der Waals surface area contributed by atoms with Crippen molar-refractivity contribution in [1.82, 2.24) is 9.80 Å². The van der Waals surface area contributed by atoms with Crippen LogP contribution in [0.2, 0.25) is 0 Å². The Kier molecular flexibility index (Phi) is 4.90. The zero-order valence-electron chi connectivity index (χ0n) is 8.91. The quantitative estimate of drug-likeness (QED) is 0.646. The molecule has 1 aliphatic heterocycles. The Labute approximate surface area is 85.5 Å². The van der Waals surface area contributed by atoms with E-state index in [2.05, 4.69) is 4.90 Å². The maximum Gasteiger partial charge on any atom is 0.219 e. The summed E-state index contributed by atoms with van der Waals surface area (Å²) in [6, 6.07) is 0. The van der Waals surface area contributed by atoms with Crippen molar-refractivity contribution in [3.8, 4) is 0 Å². The van der Waals surface area contributed by atoms with Gasteiger partial charge in [0.2, 0.25) is 5.91 Å². The van der Waals surface area contributed by atoms with Gasteiger partial charge in [-0.2, -0.15) is 0 Å². The van der Waals surface area contributed by atoms with Crippen LogP contribution in [0.4, 0.5) is 0 Å². The second kappa shape index (κ2) is 5.98. The second-order valence-corrected chi connectivity index (χ2v) is 3.78. The largest absolute Gasteiger partial charge is 0.396 e. The highest BCUT2D eigenvalue weighted by Crippen LogP contribution is 2.03. The van der Waals surface area contributed by atoms with Crippen molar-refractivity contribution in [3.63, 3.8) is 0 Å². The molecule has 0 unspecified atom stereocenters. The van der Waals surface area contributed by atoms with Crippen molar-refractivity contribution in [2.75, 3.05) is 39.3 Å². The molecule has 0 atom stereocenters. The van der Waals surface area contributed by atoms with Crippen molar-refractivity contribution in [2.45, 2.75) is 19.8 Å². The fraction of sp³-hybridized carbons (Fsp3) is 0.900. The normalized spacial score (nSPS) is 18.6. The molecule has 0 saturated carbocycles. The van der Waals surface area contributed by atoms with Crippen LogP contribution in [0.15, 0.2) is 0 Å². The summed E-state index contributed by atoms with van der Waals surface area (Å²) in [4.78, 5) is 15.3. The van der Waals surface area contributed by atoms with Gasteiger partial charge in [0.1, 0.15) is 0 Å². The molecule has 0 bridgehead atoms. The highest BCUT2D eigenvalue weighted by atomic mass is 16.2. The lowest BCUT2D eigenvalue weighted by molar-refractivity contribution is -0.130. The zero-order valence-corrected chi connectivity index (χ0v) is 8.91. The van der Waals surface area contributed by atoms with Gasteiger partial charge in [0.25, 0.3) is 0 Å². The van der Waals surface area contributed by atoms with Crippen LogP contribution in [0.25, 0.3) is 0 Å². The summed E-state index contributed by atoms with van der Waals surface area (Å²) in [6.07, 6.45) is 1.93. The van der Waals surface area contributed by atoms with Gasteiger partial charge in [0.15, 0.2) is 0 Å². The summed E-state index contributed by atoms with van der Waals surface area (Å²) in [6.45, 7) is 6.63. The van der Waals surface area contributed by atoms with Gasteiger partial charge in [-0.15, -0.1) is 0 Å². The van der Waals surface area contributed by atoms with E-state index in [9.17, 15) is 4.79 Å². The molecule has 0 spiro atoms. The van der Waals surface area contributed by atoms with E-state index >= 15 is 0 Å². The van der Waals surface area contributed by atoms with Crippen LogP contribution in [0.3, 0.4) is 0 Å². The SMILES string of the molecule is CC(=O)N1CCN(CCCCO)CC1. The first kappa shape index (κ1) is 11.5. The first-order chi connectivity index (χ1) is 6.74. The number of unbranched alkanes of at least 4 members (excludes halogenated alkanes) is 1. The van der Waals surface area contributed by atoms with Crippen molar-refractivity contribution < 1.29 is 9.90 Å². The molecule has 0 aromatic rings. The average Bonchev–Trinajstić information content (AvgIpc) is 2.19. The molecule has 1 fully saturated rings. The van der Waals surface area contributed by atoms with Gasteiger partial charge in [-0.3, -0.25) is 9.69 Å². The maximum absolute atomic E-state index is 11.0. The molecule has 0 aliphatic carbocycles. The molecule has 0 aromatic heterocycles. The molecule has 1 aliphatic rings. The van der Waals surface area contributed by atoms with Crippen LogP contribution in [0, 0.1) is 0 Å². The van der Waals surface area contributed by atoms with Crippen LogP contribution in [-0.4, -0.2) is 60.1 Å². The van der Waals surface area contributed by atoms with Crippen molar-refractivity contribution in [1.29, 1.82) is 0 Å². The van der Waals surface area contributed by atoms with Gasteiger partial charge in [0, 0.05) is 39.7 Å². The van der Waals surface area contributed by atoms with E-state index in [1.807, 2.05) is 4.90 Å². The Morgan fingerprint density at radius 2 is 1.86 bits per heavy atom. The standard InChI is InChI=1S/C10H20N2O2/c1-10(14)12-7-5-11(6-8-12)4-2-3-9-13/h13H,2-9H2,1H3. The molecule has 82 valence electrons. The van der Waals surface area contributed by atoms with E-state index in [4.69, 9.17) is 5.11 Å². The third kappa shape index (κ3) is 3.64. The Balaban J connectivity index is 2.12. The van der Waals surface area contributed by atoms with E-state index in [-0.39, 0.29) is 12.5 Å². The lowest BCUT2D eigenvalue weighted by Crippen LogP contribution is -2.48. The maximum atomic E-state index is 11.0. The topological polar surface area (TPSA) is 43.8 Å². The number of hydrogen-bond donors (Lipinski definition) is 1. The first-order valence-electron chi connectivity index (χ1n) is 5.33. The molecule has 0 aromatic carbocycles. The molecule has 1 heterocycles. The van der Waals surface area contributed by atoms with Gasteiger partial charge in [-0.1, -0.05) is 0 Å². The summed E-state index contributed by atoms with van der Waals surface area (Å²) in [5.74, 6) is 0.181. The molecule has 1 N–H and O–H groups in total. The summed E-state index contributed by atoms with van der Waals surface area (Å²) < 4.78 is 0. The Morgan fingerprint density at radius 3 is 2.36 bits per heavy atom. The number of carbonyl (C=O) groups is 1. The first-order valence-corrected chi connectivity index (χ1v) is 5.33. The van der Waals surface area contributed by atoms with Crippen LogP contribution in [0.5, 0.6) is 0 Å². The minimum Gasteiger partial charge on any atom is -0.396 e. The number of aliphatic hydroxyl groups is 1. The highest BCUT2D eigenvalue weighted by molar-refractivity contribution is 5.73. The second-order valence-electron chi connectivity index (χ2n) is 3.78. The third-order valence-electron chi connectivity index (χ3n) is 2.70. The lowest BCUT2D eigenvalue weighted by Gasteiger charge is -2.34. The number of rotatable bonds is 4. The molecule has 1 saturated heterocycles. The fourth-order valence-electron chi connectivity index (χ4n) is 1.73. The molecule has 4 nitrogen and oxygen atoms in total. The number of amides is 1.